The SMILES string of the molecule is C=C/C(=C\N)c1ccc(-c2cc(C)cc(C3=CC=C(C4=CC=CCN4)NC3)c2)cc1. The first-order valence-corrected chi connectivity index (χ1v) is 10.2. The van der Waals surface area contributed by atoms with Crippen molar-refractivity contribution in [2.75, 3.05) is 13.1 Å². The number of aryl methyl sites for hydroxylation is 1. The fourth-order valence-electron chi connectivity index (χ4n) is 3.79. The van der Waals surface area contributed by atoms with Gasteiger partial charge in [0.2, 0.25) is 0 Å². The maximum Gasteiger partial charge on any atom is 0.0578 e. The first-order chi connectivity index (χ1) is 14.7. The summed E-state index contributed by atoms with van der Waals surface area (Å²) in [5.74, 6) is 0. The highest BCUT2D eigenvalue weighted by molar-refractivity contribution is 5.78. The molecule has 0 spiro atoms. The lowest BCUT2D eigenvalue weighted by atomic mass is 9.94. The van der Waals surface area contributed by atoms with Crippen LogP contribution in [0, 0.1) is 6.92 Å². The zero-order valence-electron chi connectivity index (χ0n) is 17.3. The number of benzene rings is 2. The Kier molecular flexibility index (Phi) is 5.71. The molecule has 0 aromatic heterocycles. The van der Waals surface area contributed by atoms with E-state index >= 15 is 0 Å². The molecule has 3 heteroatoms. The highest BCUT2D eigenvalue weighted by Gasteiger charge is 2.12. The highest BCUT2D eigenvalue weighted by Crippen LogP contribution is 2.28. The molecule has 2 aliphatic rings. The van der Waals surface area contributed by atoms with E-state index in [4.69, 9.17) is 5.73 Å². The number of allylic oxidation sites excluding steroid dienone is 6. The third-order valence-corrected chi connectivity index (χ3v) is 5.42. The first-order valence-electron chi connectivity index (χ1n) is 10.2. The van der Waals surface area contributed by atoms with Crippen molar-refractivity contribution in [1.82, 2.24) is 10.6 Å². The quantitative estimate of drug-likeness (QED) is 0.622. The average molecular weight is 394 g/mol. The van der Waals surface area contributed by atoms with Crippen molar-refractivity contribution in [2.24, 2.45) is 5.73 Å². The van der Waals surface area contributed by atoms with Crippen LogP contribution in [-0.2, 0) is 0 Å². The summed E-state index contributed by atoms with van der Waals surface area (Å²) in [6, 6.07) is 15.2. The van der Waals surface area contributed by atoms with Gasteiger partial charge in [-0.15, -0.1) is 0 Å². The van der Waals surface area contributed by atoms with Gasteiger partial charge in [0, 0.05) is 19.3 Å². The predicted molar refractivity (Wildman–Crippen MR) is 128 cm³/mol. The Balaban J connectivity index is 1.62. The molecule has 0 amide bonds. The van der Waals surface area contributed by atoms with E-state index in [9.17, 15) is 0 Å². The smallest absolute Gasteiger partial charge is 0.0578 e. The summed E-state index contributed by atoms with van der Waals surface area (Å²) < 4.78 is 0. The Morgan fingerprint density at radius 3 is 2.33 bits per heavy atom. The van der Waals surface area contributed by atoms with Crippen LogP contribution >= 0.6 is 0 Å². The van der Waals surface area contributed by atoms with E-state index in [0.29, 0.717) is 0 Å². The maximum absolute atomic E-state index is 5.68. The minimum absolute atomic E-state index is 0.806. The number of hydrogen-bond acceptors (Lipinski definition) is 3. The standard InChI is InChI=1S/C27H27N3/c1-3-20(17-28)21-7-9-22(10-8-21)24-14-19(2)15-25(16-24)23-11-12-27(30-18-23)26-6-4-5-13-29-26/h3-12,14-17,29-30H,1,13,18,28H2,2H3/b20-17+. The van der Waals surface area contributed by atoms with E-state index in [1.165, 1.54) is 27.8 Å². The summed E-state index contributed by atoms with van der Waals surface area (Å²) in [6.07, 6.45) is 14.0. The molecule has 0 unspecified atom stereocenters. The molecule has 0 saturated heterocycles. The molecule has 0 bridgehead atoms. The topological polar surface area (TPSA) is 50.1 Å². The summed E-state index contributed by atoms with van der Waals surface area (Å²) in [6.45, 7) is 7.65. The van der Waals surface area contributed by atoms with Crippen molar-refractivity contribution in [2.45, 2.75) is 6.92 Å². The number of hydrogen-bond donors (Lipinski definition) is 3. The molecule has 0 saturated carbocycles. The fraction of sp³-hybridized carbons (Fsp3) is 0.111. The number of rotatable bonds is 5. The van der Waals surface area contributed by atoms with Crippen LogP contribution in [0.3, 0.4) is 0 Å². The van der Waals surface area contributed by atoms with Gasteiger partial charge in [0.25, 0.3) is 0 Å². The largest absolute Gasteiger partial charge is 0.404 e. The molecule has 0 radical (unpaired) electrons. The van der Waals surface area contributed by atoms with Gasteiger partial charge in [0.1, 0.15) is 0 Å². The van der Waals surface area contributed by atoms with E-state index in [2.05, 4.69) is 97.0 Å². The summed E-state index contributed by atoms with van der Waals surface area (Å²) >= 11 is 0. The average Bonchev–Trinajstić information content (AvgIpc) is 2.81. The van der Waals surface area contributed by atoms with Gasteiger partial charge in [-0.3, -0.25) is 0 Å². The van der Waals surface area contributed by atoms with Crippen LogP contribution in [0.25, 0.3) is 22.3 Å². The second kappa shape index (κ2) is 8.75. The van der Waals surface area contributed by atoms with Gasteiger partial charge in [0.15, 0.2) is 0 Å². The van der Waals surface area contributed by atoms with E-state index in [-0.39, 0.29) is 0 Å². The van der Waals surface area contributed by atoms with Gasteiger partial charge in [-0.05, 0) is 64.1 Å². The Bertz CT molecular complexity index is 1110. The molecule has 150 valence electrons. The summed E-state index contributed by atoms with van der Waals surface area (Å²) in [5, 5.41) is 6.95. The van der Waals surface area contributed by atoms with Crippen molar-refractivity contribution in [3.8, 4) is 11.1 Å². The van der Waals surface area contributed by atoms with Crippen molar-refractivity contribution in [1.29, 1.82) is 0 Å². The van der Waals surface area contributed by atoms with Gasteiger partial charge in [0.05, 0.1) is 11.4 Å². The molecule has 4 N–H and O–H groups in total. The molecule has 0 aliphatic carbocycles. The molecule has 2 aliphatic heterocycles. The van der Waals surface area contributed by atoms with E-state index in [1.54, 1.807) is 12.3 Å². The highest BCUT2D eigenvalue weighted by atomic mass is 15.0. The molecule has 0 fully saturated rings. The fourth-order valence-corrected chi connectivity index (χ4v) is 3.79. The Hall–Kier alpha value is -3.72. The molecule has 0 atom stereocenters. The third-order valence-electron chi connectivity index (χ3n) is 5.42. The lowest BCUT2D eigenvalue weighted by Crippen LogP contribution is -2.27. The number of dihydropyridines is 2. The maximum atomic E-state index is 5.68. The normalized spacial score (nSPS) is 16.0. The van der Waals surface area contributed by atoms with Crippen molar-refractivity contribution >= 4 is 11.1 Å². The Morgan fingerprint density at radius 2 is 1.70 bits per heavy atom. The summed E-state index contributed by atoms with van der Waals surface area (Å²) in [7, 11) is 0. The summed E-state index contributed by atoms with van der Waals surface area (Å²) in [4.78, 5) is 0. The van der Waals surface area contributed by atoms with Gasteiger partial charge < -0.3 is 16.4 Å². The third kappa shape index (κ3) is 4.15. The molecular formula is C27H27N3. The molecule has 3 nitrogen and oxygen atoms in total. The van der Waals surface area contributed by atoms with Gasteiger partial charge in [-0.25, -0.2) is 0 Å². The zero-order chi connectivity index (χ0) is 20.9. The van der Waals surface area contributed by atoms with Crippen LogP contribution in [0.2, 0.25) is 0 Å². The van der Waals surface area contributed by atoms with Crippen LogP contribution in [0.5, 0.6) is 0 Å². The Labute approximate surface area is 178 Å². The summed E-state index contributed by atoms with van der Waals surface area (Å²) in [5.41, 5.74) is 16.1. The van der Waals surface area contributed by atoms with Crippen molar-refractivity contribution in [3.63, 3.8) is 0 Å². The monoisotopic (exact) mass is 393 g/mol. The van der Waals surface area contributed by atoms with E-state index in [1.807, 2.05) is 0 Å². The van der Waals surface area contributed by atoms with E-state index < -0.39 is 0 Å². The number of nitrogens with two attached hydrogens (primary N) is 1. The Morgan fingerprint density at radius 1 is 0.933 bits per heavy atom. The van der Waals surface area contributed by atoms with Crippen LogP contribution < -0.4 is 16.4 Å². The zero-order valence-corrected chi connectivity index (χ0v) is 17.3. The minimum atomic E-state index is 0.806. The van der Waals surface area contributed by atoms with Crippen LogP contribution in [0.15, 0.2) is 103 Å². The minimum Gasteiger partial charge on any atom is -0.404 e. The second-order valence-electron chi connectivity index (χ2n) is 7.51. The second-order valence-corrected chi connectivity index (χ2v) is 7.51. The van der Waals surface area contributed by atoms with Gasteiger partial charge in [-0.1, -0.05) is 67.3 Å². The number of nitrogens with one attached hydrogen (secondary N) is 2. The lowest BCUT2D eigenvalue weighted by Gasteiger charge is -2.22. The van der Waals surface area contributed by atoms with Gasteiger partial charge in [-0.2, -0.15) is 0 Å². The molecule has 30 heavy (non-hydrogen) atoms. The van der Waals surface area contributed by atoms with Crippen LogP contribution in [-0.4, -0.2) is 13.1 Å². The van der Waals surface area contributed by atoms with E-state index in [0.717, 1.165) is 35.6 Å². The van der Waals surface area contributed by atoms with Crippen LogP contribution in [0.4, 0.5) is 0 Å². The van der Waals surface area contributed by atoms with Gasteiger partial charge >= 0.3 is 0 Å². The lowest BCUT2D eigenvalue weighted by molar-refractivity contribution is 0.822. The van der Waals surface area contributed by atoms with Crippen molar-refractivity contribution < 1.29 is 0 Å². The molecule has 2 aromatic carbocycles. The van der Waals surface area contributed by atoms with Crippen LogP contribution in [0.1, 0.15) is 16.7 Å². The molecule has 4 rings (SSSR count). The van der Waals surface area contributed by atoms with Crippen molar-refractivity contribution in [3.05, 3.63) is 120 Å². The first kappa shape index (κ1) is 19.6. The predicted octanol–water partition coefficient (Wildman–Crippen LogP) is 5.06. The molecule has 2 heterocycles. The molecular weight excluding hydrogens is 366 g/mol. The molecule has 2 aromatic rings.